The molecular weight excluding hydrogens is 265 g/mol. The maximum atomic E-state index is 6.11. The van der Waals surface area contributed by atoms with Gasteiger partial charge in [-0.2, -0.15) is 0 Å². The van der Waals surface area contributed by atoms with E-state index in [1.165, 1.54) is 27.1 Å². The topological polar surface area (TPSA) is 15.8 Å². The van der Waals surface area contributed by atoms with Gasteiger partial charge in [0.05, 0.1) is 0 Å². The van der Waals surface area contributed by atoms with Crippen LogP contribution in [0.5, 0.6) is 0 Å². The predicted octanol–water partition coefficient (Wildman–Crippen LogP) is 4.57. The summed E-state index contributed by atoms with van der Waals surface area (Å²) in [5.74, 6) is 0. The molecule has 0 saturated heterocycles. The molecule has 1 aromatic heterocycles. The minimum atomic E-state index is 0.123. The highest BCUT2D eigenvalue weighted by atomic mass is 14.7. The second-order valence-corrected chi connectivity index (χ2v) is 7.07. The van der Waals surface area contributed by atoms with Crippen LogP contribution in [0, 0.1) is 0 Å². The quantitative estimate of drug-likeness (QED) is 0.455. The fourth-order valence-electron chi connectivity index (χ4n) is 3.37. The Morgan fingerprint density at radius 3 is 2.41 bits per heavy atom. The van der Waals surface area contributed by atoms with E-state index in [-0.39, 0.29) is 5.41 Å². The van der Waals surface area contributed by atoms with E-state index >= 15 is 0 Å². The number of benzene rings is 3. The van der Waals surface area contributed by atoms with Gasteiger partial charge in [0.25, 0.3) is 0 Å². The summed E-state index contributed by atoms with van der Waals surface area (Å²) in [6, 6.07) is 17.2. The van der Waals surface area contributed by atoms with Crippen molar-refractivity contribution in [3.63, 3.8) is 0 Å². The van der Waals surface area contributed by atoms with Gasteiger partial charge in [0, 0.05) is 21.8 Å². The van der Waals surface area contributed by atoms with Crippen molar-refractivity contribution in [3.8, 4) is 0 Å². The van der Waals surface area contributed by atoms with Crippen LogP contribution in [-0.2, 0) is 5.41 Å². The van der Waals surface area contributed by atoms with Crippen molar-refractivity contribution in [2.45, 2.75) is 26.2 Å². The van der Waals surface area contributed by atoms with Crippen LogP contribution >= 0.6 is 0 Å². The SMILES string of the molecule is [B]c1cccc2c1[nH]c1cc3cccc(C(C)(C)C)c3cc12. The van der Waals surface area contributed by atoms with Crippen LogP contribution < -0.4 is 5.46 Å². The first-order chi connectivity index (χ1) is 10.4. The van der Waals surface area contributed by atoms with Gasteiger partial charge in [-0.3, -0.25) is 0 Å². The molecule has 0 aliphatic carbocycles. The van der Waals surface area contributed by atoms with Crippen LogP contribution in [0.1, 0.15) is 26.3 Å². The van der Waals surface area contributed by atoms with Crippen molar-refractivity contribution in [1.29, 1.82) is 0 Å². The van der Waals surface area contributed by atoms with Crippen molar-refractivity contribution in [2.75, 3.05) is 0 Å². The van der Waals surface area contributed by atoms with Crippen molar-refractivity contribution < 1.29 is 0 Å². The Labute approximate surface area is 131 Å². The molecule has 0 saturated carbocycles. The third kappa shape index (κ3) is 1.87. The minimum absolute atomic E-state index is 0.123. The van der Waals surface area contributed by atoms with Crippen molar-refractivity contribution in [3.05, 3.63) is 54.1 Å². The molecule has 22 heavy (non-hydrogen) atoms. The largest absolute Gasteiger partial charge is 0.355 e. The molecule has 1 nitrogen and oxygen atoms in total. The zero-order chi connectivity index (χ0) is 15.5. The average molecular weight is 283 g/mol. The van der Waals surface area contributed by atoms with Gasteiger partial charge in [-0.1, -0.05) is 62.6 Å². The third-order valence-electron chi connectivity index (χ3n) is 4.47. The maximum Gasteiger partial charge on any atom is 0.116 e. The third-order valence-corrected chi connectivity index (χ3v) is 4.47. The fourth-order valence-corrected chi connectivity index (χ4v) is 3.37. The van der Waals surface area contributed by atoms with Crippen LogP contribution in [-0.4, -0.2) is 12.8 Å². The van der Waals surface area contributed by atoms with Gasteiger partial charge >= 0.3 is 0 Å². The predicted molar refractivity (Wildman–Crippen MR) is 97.4 cm³/mol. The second kappa shape index (κ2) is 4.39. The Bertz CT molecular complexity index is 1020. The Balaban J connectivity index is 2.19. The Morgan fingerprint density at radius 2 is 1.64 bits per heavy atom. The number of para-hydroxylation sites is 1. The van der Waals surface area contributed by atoms with Gasteiger partial charge < -0.3 is 4.98 Å². The molecule has 0 fully saturated rings. The van der Waals surface area contributed by atoms with E-state index < -0.39 is 0 Å². The van der Waals surface area contributed by atoms with E-state index in [2.05, 4.69) is 62.2 Å². The van der Waals surface area contributed by atoms with Gasteiger partial charge in [0.2, 0.25) is 0 Å². The molecule has 0 atom stereocenters. The number of hydrogen-bond acceptors (Lipinski definition) is 0. The molecule has 4 aromatic rings. The van der Waals surface area contributed by atoms with E-state index in [4.69, 9.17) is 7.85 Å². The van der Waals surface area contributed by atoms with Crippen LogP contribution in [0.25, 0.3) is 32.6 Å². The lowest BCUT2D eigenvalue weighted by Crippen LogP contribution is -2.11. The summed E-state index contributed by atoms with van der Waals surface area (Å²) in [6.45, 7) is 6.79. The number of hydrogen-bond donors (Lipinski definition) is 1. The van der Waals surface area contributed by atoms with Gasteiger partial charge in [-0.15, -0.1) is 0 Å². The molecule has 0 unspecified atom stereocenters. The highest BCUT2D eigenvalue weighted by Crippen LogP contribution is 2.34. The van der Waals surface area contributed by atoms with Crippen molar-refractivity contribution in [2.24, 2.45) is 0 Å². The monoisotopic (exact) mass is 283 g/mol. The van der Waals surface area contributed by atoms with Crippen molar-refractivity contribution >= 4 is 45.9 Å². The molecule has 3 aromatic carbocycles. The first-order valence-corrected chi connectivity index (χ1v) is 7.68. The van der Waals surface area contributed by atoms with Crippen LogP contribution in [0.2, 0.25) is 0 Å². The molecule has 1 N–H and O–H groups in total. The smallest absolute Gasteiger partial charge is 0.116 e. The Hall–Kier alpha value is -2.22. The normalized spacial score (nSPS) is 12.5. The average Bonchev–Trinajstić information content (AvgIpc) is 2.82. The summed E-state index contributed by atoms with van der Waals surface area (Å²) < 4.78 is 0. The molecular formula is C20H18BN. The summed E-state index contributed by atoms with van der Waals surface area (Å²) >= 11 is 0. The van der Waals surface area contributed by atoms with E-state index in [9.17, 15) is 0 Å². The number of aromatic nitrogens is 1. The van der Waals surface area contributed by atoms with Gasteiger partial charge in [0.1, 0.15) is 7.85 Å². The van der Waals surface area contributed by atoms with E-state index in [0.29, 0.717) is 0 Å². The maximum absolute atomic E-state index is 6.11. The van der Waals surface area contributed by atoms with Crippen LogP contribution in [0.4, 0.5) is 0 Å². The zero-order valence-electron chi connectivity index (χ0n) is 13.2. The summed E-state index contributed by atoms with van der Waals surface area (Å²) in [4.78, 5) is 3.47. The van der Waals surface area contributed by atoms with Crippen LogP contribution in [0.3, 0.4) is 0 Å². The molecule has 0 amide bonds. The lowest BCUT2D eigenvalue weighted by molar-refractivity contribution is 0.596. The molecule has 1 heterocycles. The minimum Gasteiger partial charge on any atom is -0.355 e. The lowest BCUT2D eigenvalue weighted by atomic mass is 9.83. The van der Waals surface area contributed by atoms with Gasteiger partial charge in [-0.05, 0) is 33.9 Å². The van der Waals surface area contributed by atoms with E-state index in [1.54, 1.807) is 0 Å². The second-order valence-electron chi connectivity index (χ2n) is 7.07. The molecule has 0 spiro atoms. The highest BCUT2D eigenvalue weighted by molar-refractivity contribution is 6.39. The number of aromatic amines is 1. The summed E-state index contributed by atoms with van der Waals surface area (Å²) in [5, 5.41) is 5.03. The lowest BCUT2D eigenvalue weighted by Gasteiger charge is -2.21. The number of fused-ring (bicyclic) bond motifs is 4. The first-order valence-electron chi connectivity index (χ1n) is 7.68. The van der Waals surface area contributed by atoms with E-state index in [0.717, 1.165) is 16.5 Å². The molecule has 106 valence electrons. The Morgan fingerprint density at radius 1 is 0.864 bits per heavy atom. The summed E-state index contributed by atoms with van der Waals surface area (Å²) in [6.07, 6.45) is 0. The summed E-state index contributed by atoms with van der Waals surface area (Å²) in [7, 11) is 6.11. The standard InChI is InChI=1S/C20H18BN/c1-20(2,3)16-8-4-6-12-10-18-15(11-14(12)16)13-7-5-9-17(21)19(13)22-18/h4-11,22H,1-3H3. The molecule has 0 bridgehead atoms. The fraction of sp³-hybridized carbons (Fsp3) is 0.200. The number of H-pyrrole nitrogens is 1. The molecule has 0 aliphatic heterocycles. The zero-order valence-corrected chi connectivity index (χ0v) is 13.2. The molecule has 2 heteroatoms. The van der Waals surface area contributed by atoms with Crippen LogP contribution in [0.15, 0.2) is 48.5 Å². The molecule has 2 radical (unpaired) electrons. The van der Waals surface area contributed by atoms with Gasteiger partial charge in [0.15, 0.2) is 0 Å². The molecule has 0 aliphatic rings. The number of nitrogens with one attached hydrogen (secondary N) is 1. The van der Waals surface area contributed by atoms with Crippen molar-refractivity contribution in [1.82, 2.24) is 4.98 Å². The first kappa shape index (κ1) is 13.4. The summed E-state index contributed by atoms with van der Waals surface area (Å²) in [5.41, 5.74) is 4.48. The Kier molecular flexibility index (Phi) is 2.68. The highest BCUT2D eigenvalue weighted by Gasteiger charge is 2.17. The molecule has 4 rings (SSSR count). The number of rotatable bonds is 0. The van der Waals surface area contributed by atoms with Gasteiger partial charge in [-0.25, -0.2) is 0 Å². The van der Waals surface area contributed by atoms with E-state index in [1.807, 2.05) is 12.1 Å².